The summed E-state index contributed by atoms with van der Waals surface area (Å²) in [6.45, 7) is 0.345. The van der Waals surface area contributed by atoms with Crippen molar-refractivity contribution in [1.29, 1.82) is 0 Å². The van der Waals surface area contributed by atoms with Crippen LogP contribution in [-0.4, -0.2) is 60.2 Å². The van der Waals surface area contributed by atoms with Crippen LogP contribution in [0.25, 0.3) is 0 Å². The number of aliphatic hydroxyl groups excluding tert-OH is 1. The zero-order valence-corrected chi connectivity index (χ0v) is 25.7. The monoisotopic (exact) mass is 610 g/mol. The Morgan fingerprint density at radius 3 is 2.24 bits per heavy atom. The Kier molecular flexibility index (Phi) is 11.2. The number of carbonyl (C=O) groups is 3. The summed E-state index contributed by atoms with van der Waals surface area (Å²) in [6.07, 6.45) is 4.83. The van der Waals surface area contributed by atoms with Gasteiger partial charge in [0.15, 0.2) is 0 Å². The van der Waals surface area contributed by atoms with Crippen molar-refractivity contribution in [3.05, 3.63) is 119 Å². The molecule has 0 saturated heterocycles. The van der Waals surface area contributed by atoms with Crippen molar-refractivity contribution < 1.29 is 29.0 Å². The third kappa shape index (κ3) is 8.26. The highest BCUT2D eigenvalue weighted by Gasteiger charge is 2.35. The van der Waals surface area contributed by atoms with Crippen LogP contribution in [0.1, 0.15) is 47.6 Å². The minimum absolute atomic E-state index is 0.0161. The second-order valence-electron chi connectivity index (χ2n) is 11.9. The summed E-state index contributed by atoms with van der Waals surface area (Å²) in [4.78, 5) is 43.1. The maximum absolute atomic E-state index is 13.9. The van der Waals surface area contributed by atoms with Crippen molar-refractivity contribution in [2.75, 3.05) is 20.3 Å². The Hall–Kier alpha value is -4.27. The molecule has 45 heavy (non-hydrogen) atoms. The molecule has 0 unspecified atom stereocenters. The van der Waals surface area contributed by atoms with E-state index in [1.807, 2.05) is 97.1 Å². The lowest BCUT2D eigenvalue weighted by Gasteiger charge is -2.37. The summed E-state index contributed by atoms with van der Waals surface area (Å²) in [7, 11) is 1.54. The summed E-state index contributed by atoms with van der Waals surface area (Å²) >= 11 is 0. The number of cyclic esters (lactones) is 1. The molecule has 0 spiro atoms. The lowest BCUT2D eigenvalue weighted by Crippen LogP contribution is -2.49. The normalized spacial score (nSPS) is 24.0. The molecule has 8 nitrogen and oxygen atoms in total. The van der Waals surface area contributed by atoms with E-state index in [0.29, 0.717) is 32.2 Å². The number of amides is 2. The first-order chi connectivity index (χ1) is 22.0. The molecule has 0 saturated carbocycles. The third-order valence-corrected chi connectivity index (χ3v) is 8.75. The second kappa shape index (κ2) is 15.6. The van der Waals surface area contributed by atoms with Gasteiger partial charge in [-0.1, -0.05) is 97.1 Å². The maximum Gasteiger partial charge on any atom is 0.310 e. The van der Waals surface area contributed by atoms with Gasteiger partial charge in [0.2, 0.25) is 11.8 Å². The van der Waals surface area contributed by atoms with E-state index in [9.17, 15) is 19.5 Å². The molecule has 236 valence electrons. The first-order valence-electron chi connectivity index (χ1n) is 15.7. The van der Waals surface area contributed by atoms with Crippen LogP contribution < -0.4 is 5.32 Å². The van der Waals surface area contributed by atoms with Crippen molar-refractivity contribution in [3.8, 4) is 0 Å². The van der Waals surface area contributed by atoms with Gasteiger partial charge in [-0.05, 0) is 47.9 Å². The van der Waals surface area contributed by atoms with Gasteiger partial charge in [-0.2, -0.15) is 0 Å². The van der Waals surface area contributed by atoms with Gasteiger partial charge in [-0.15, -0.1) is 0 Å². The van der Waals surface area contributed by atoms with E-state index in [0.717, 1.165) is 22.3 Å². The minimum atomic E-state index is -0.794. The maximum atomic E-state index is 13.9. The average molecular weight is 611 g/mol. The van der Waals surface area contributed by atoms with Crippen LogP contribution in [0.3, 0.4) is 0 Å². The van der Waals surface area contributed by atoms with Crippen LogP contribution in [0.5, 0.6) is 0 Å². The van der Waals surface area contributed by atoms with Crippen LogP contribution in [0.2, 0.25) is 0 Å². The number of esters is 1. The van der Waals surface area contributed by atoms with Crippen molar-refractivity contribution in [1.82, 2.24) is 10.2 Å². The molecule has 0 fully saturated rings. The molecular weight excluding hydrogens is 568 g/mol. The molecule has 8 heteroatoms. The number of ether oxygens (including phenoxy) is 2. The molecule has 2 N–H and O–H groups in total. The highest BCUT2D eigenvalue weighted by molar-refractivity contribution is 5.86. The number of nitrogens with zero attached hydrogens (tertiary/aromatic N) is 1. The Morgan fingerprint density at radius 2 is 1.56 bits per heavy atom. The van der Waals surface area contributed by atoms with Crippen LogP contribution in [0.15, 0.2) is 97.1 Å². The molecule has 0 bridgehead atoms. The fourth-order valence-corrected chi connectivity index (χ4v) is 6.27. The standard InChI is InChI=1S/C37H42N2O6/c1-44-25-33-35(27-14-6-3-7-15-27)45-37(43)30(20-26-12-4-2-5-13-26)18-10-9-17-29(36(42)38-33)22-34(41)39-23-31-19-11-8-16-28(31)21-32(39)24-40/h2-16,19,29-30,32-33,35,40H,17-18,20-25H2,1H3,(H,38,42)/t29-,30-,32+,33+,35+/m1/s1. The number of allylic oxidation sites excluding steroid dienone is 2. The van der Waals surface area contributed by atoms with Gasteiger partial charge in [-0.25, -0.2) is 0 Å². The number of rotatable bonds is 8. The van der Waals surface area contributed by atoms with Gasteiger partial charge >= 0.3 is 5.97 Å². The Labute approximate surface area is 265 Å². The highest BCUT2D eigenvalue weighted by atomic mass is 16.5. The zero-order valence-electron chi connectivity index (χ0n) is 25.7. The van der Waals surface area contributed by atoms with E-state index in [2.05, 4.69) is 5.32 Å². The lowest BCUT2D eigenvalue weighted by atomic mass is 9.91. The van der Waals surface area contributed by atoms with E-state index in [4.69, 9.17) is 9.47 Å². The summed E-state index contributed by atoms with van der Waals surface area (Å²) in [6, 6.07) is 26.1. The number of fused-ring (bicyclic) bond motifs is 1. The van der Waals surface area contributed by atoms with Crippen LogP contribution in [-0.2, 0) is 43.2 Å². The molecule has 5 atom stereocenters. The fraction of sp³-hybridized carbons (Fsp3) is 0.378. The zero-order chi connectivity index (χ0) is 31.6. The summed E-state index contributed by atoms with van der Waals surface area (Å²) in [5.74, 6) is -1.94. The van der Waals surface area contributed by atoms with Gasteiger partial charge in [-0.3, -0.25) is 14.4 Å². The molecule has 0 aromatic heterocycles. The summed E-state index contributed by atoms with van der Waals surface area (Å²) in [5.41, 5.74) is 3.95. The molecule has 2 amide bonds. The largest absolute Gasteiger partial charge is 0.455 e. The molecule has 2 heterocycles. The Morgan fingerprint density at radius 1 is 0.911 bits per heavy atom. The van der Waals surface area contributed by atoms with Crippen LogP contribution >= 0.6 is 0 Å². The topological polar surface area (TPSA) is 105 Å². The van der Waals surface area contributed by atoms with Crippen molar-refractivity contribution in [3.63, 3.8) is 0 Å². The fourth-order valence-electron chi connectivity index (χ4n) is 6.27. The van der Waals surface area contributed by atoms with E-state index >= 15 is 0 Å². The second-order valence-corrected chi connectivity index (χ2v) is 11.9. The molecule has 3 aromatic carbocycles. The van der Waals surface area contributed by atoms with Gasteiger partial charge < -0.3 is 24.8 Å². The summed E-state index contributed by atoms with van der Waals surface area (Å²) in [5, 5.41) is 13.2. The average Bonchev–Trinajstić information content (AvgIpc) is 3.07. The minimum Gasteiger partial charge on any atom is -0.455 e. The molecule has 0 aliphatic carbocycles. The first kappa shape index (κ1) is 32.1. The third-order valence-electron chi connectivity index (χ3n) is 8.75. The van der Waals surface area contributed by atoms with Crippen molar-refractivity contribution >= 4 is 17.8 Å². The Balaban J connectivity index is 1.42. The number of aliphatic hydroxyl groups is 1. The van der Waals surface area contributed by atoms with E-state index in [1.165, 1.54) is 7.11 Å². The van der Waals surface area contributed by atoms with E-state index < -0.39 is 24.0 Å². The van der Waals surface area contributed by atoms with Gasteiger partial charge in [0.1, 0.15) is 6.10 Å². The molecule has 2 aliphatic heterocycles. The van der Waals surface area contributed by atoms with Crippen LogP contribution in [0, 0.1) is 11.8 Å². The lowest BCUT2D eigenvalue weighted by molar-refractivity contribution is -0.158. The SMILES string of the molecule is COC[C@@H]1NC(=O)[C@@H](CC(=O)N2Cc3ccccc3C[C@H]2CO)CC=CC[C@H](Cc2ccccc2)C(=O)O[C@H]1c1ccccc1. The number of carbonyl (C=O) groups excluding carboxylic acids is 3. The van der Waals surface area contributed by atoms with Crippen molar-refractivity contribution in [2.24, 2.45) is 11.8 Å². The summed E-state index contributed by atoms with van der Waals surface area (Å²) < 4.78 is 11.7. The van der Waals surface area contributed by atoms with Crippen molar-refractivity contribution in [2.45, 2.75) is 56.8 Å². The number of nitrogens with one attached hydrogen (secondary N) is 1. The molecule has 5 rings (SSSR count). The smallest absolute Gasteiger partial charge is 0.310 e. The van der Waals surface area contributed by atoms with Gasteiger partial charge in [0.05, 0.1) is 37.1 Å². The van der Waals surface area contributed by atoms with Crippen LogP contribution in [0.4, 0.5) is 0 Å². The number of methoxy groups -OCH3 is 1. The first-order valence-corrected chi connectivity index (χ1v) is 15.7. The molecule has 0 radical (unpaired) electrons. The molecule has 2 aliphatic rings. The van der Waals surface area contributed by atoms with E-state index in [-0.39, 0.29) is 43.5 Å². The number of hydrogen-bond donors (Lipinski definition) is 2. The van der Waals surface area contributed by atoms with E-state index in [1.54, 1.807) is 4.90 Å². The quantitative estimate of drug-likeness (QED) is 0.286. The van der Waals surface area contributed by atoms with Gasteiger partial charge in [0.25, 0.3) is 0 Å². The Bertz CT molecular complexity index is 1460. The highest BCUT2D eigenvalue weighted by Crippen LogP contribution is 2.29. The number of hydrogen-bond acceptors (Lipinski definition) is 6. The predicted molar refractivity (Wildman–Crippen MR) is 171 cm³/mol. The number of benzene rings is 3. The molecule has 3 aromatic rings. The van der Waals surface area contributed by atoms with Gasteiger partial charge in [0, 0.05) is 20.1 Å². The molecular formula is C37H42N2O6. The predicted octanol–water partition coefficient (Wildman–Crippen LogP) is 4.56.